The molecule has 0 aromatic heterocycles. The Morgan fingerprint density at radius 2 is 1.75 bits per heavy atom. The van der Waals surface area contributed by atoms with Gasteiger partial charge in [-0.1, -0.05) is 29.8 Å². The van der Waals surface area contributed by atoms with Gasteiger partial charge in [0, 0.05) is 5.56 Å². The van der Waals surface area contributed by atoms with Crippen molar-refractivity contribution in [3.05, 3.63) is 47.5 Å². The summed E-state index contributed by atoms with van der Waals surface area (Å²) < 4.78 is 6.03. The van der Waals surface area contributed by atoms with Gasteiger partial charge in [-0.2, -0.15) is 0 Å². The normalized spacial score (nSPS) is 16.4. The van der Waals surface area contributed by atoms with Gasteiger partial charge in [0.05, 0.1) is 0 Å². The molecule has 0 fully saturated rings. The highest BCUT2D eigenvalue weighted by Crippen LogP contribution is 2.41. The van der Waals surface area contributed by atoms with Crippen molar-refractivity contribution in [2.45, 2.75) is 39.2 Å². The molecule has 0 amide bonds. The van der Waals surface area contributed by atoms with Crippen LogP contribution in [0, 0.1) is 6.92 Å². The molecular weight excluding hydrogens is 248 g/mol. The first-order valence-corrected chi connectivity index (χ1v) is 7.07. The van der Waals surface area contributed by atoms with E-state index in [0.717, 1.165) is 35.3 Å². The van der Waals surface area contributed by atoms with E-state index in [9.17, 15) is 5.11 Å². The van der Waals surface area contributed by atoms with Crippen molar-refractivity contribution in [3.63, 3.8) is 0 Å². The van der Waals surface area contributed by atoms with Gasteiger partial charge >= 0.3 is 0 Å². The molecule has 0 radical (unpaired) electrons. The molecule has 0 spiro atoms. The Balaban J connectivity index is 2.06. The zero-order valence-corrected chi connectivity index (χ0v) is 12.2. The molecule has 104 valence electrons. The van der Waals surface area contributed by atoms with Crippen molar-refractivity contribution in [2.75, 3.05) is 0 Å². The molecule has 0 bridgehead atoms. The molecule has 0 unspecified atom stereocenters. The minimum Gasteiger partial charge on any atom is -0.508 e. The maximum atomic E-state index is 10.2. The summed E-state index contributed by atoms with van der Waals surface area (Å²) in [5.41, 5.74) is 4.10. The van der Waals surface area contributed by atoms with Crippen LogP contribution in [0.5, 0.6) is 11.5 Å². The number of ether oxygens (including phenoxy) is 1. The SMILES string of the molecule is Cc1ccc(-c2cc(O)c3c(c2)OC(C)(C)CC3)cc1. The summed E-state index contributed by atoms with van der Waals surface area (Å²) in [4.78, 5) is 0. The Labute approximate surface area is 120 Å². The van der Waals surface area contributed by atoms with Gasteiger partial charge in [0.1, 0.15) is 17.1 Å². The lowest BCUT2D eigenvalue weighted by molar-refractivity contribution is 0.0838. The van der Waals surface area contributed by atoms with E-state index in [-0.39, 0.29) is 5.60 Å². The number of fused-ring (bicyclic) bond motifs is 1. The minimum atomic E-state index is -0.161. The third-order valence-corrected chi connectivity index (χ3v) is 3.93. The largest absolute Gasteiger partial charge is 0.508 e. The number of hydrogen-bond donors (Lipinski definition) is 1. The highest BCUT2D eigenvalue weighted by Gasteiger charge is 2.28. The molecule has 2 aromatic carbocycles. The Kier molecular flexibility index (Phi) is 2.97. The lowest BCUT2D eigenvalue weighted by Gasteiger charge is -2.33. The molecule has 0 aliphatic carbocycles. The second-order valence-corrected chi connectivity index (χ2v) is 6.20. The van der Waals surface area contributed by atoms with Crippen LogP contribution in [-0.2, 0) is 6.42 Å². The molecule has 1 N–H and O–H groups in total. The summed E-state index contributed by atoms with van der Waals surface area (Å²) in [6.07, 6.45) is 1.79. The van der Waals surface area contributed by atoms with E-state index >= 15 is 0 Å². The van der Waals surface area contributed by atoms with Crippen molar-refractivity contribution in [1.29, 1.82) is 0 Å². The van der Waals surface area contributed by atoms with E-state index in [2.05, 4.69) is 45.0 Å². The standard InChI is InChI=1S/C18H20O2/c1-12-4-6-13(7-5-12)14-10-16(19)15-8-9-18(2,3)20-17(15)11-14/h4-7,10-11,19H,8-9H2,1-3H3. The Morgan fingerprint density at radius 1 is 1.05 bits per heavy atom. The molecule has 0 saturated carbocycles. The van der Waals surface area contributed by atoms with Crippen molar-refractivity contribution < 1.29 is 9.84 Å². The fourth-order valence-corrected chi connectivity index (χ4v) is 2.66. The Morgan fingerprint density at radius 3 is 2.45 bits per heavy atom. The molecule has 1 aliphatic heterocycles. The zero-order chi connectivity index (χ0) is 14.3. The molecule has 0 saturated heterocycles. The average molecular weight is 268 g/mol. The van der Waals surface area contributed by atoms with Gasteiger partial charge in [0.25, 0.3) is 0 Å². The van der Waals surface area contributed by atoms with Gasteiger partial charge in [0.2, 0.25) is 0 Å². The summed E-state index contributed by atoms with van der Waals surface area (Å²) in [5.74, 6) is 1.16. The number of hydrogen-bond acceptors (Lipinski definition) is 2. The summed E-state index contributed by atoms with van der Waals surface area (Å²) in [7, 11) is 0. The molecule has 1 aliphatic rings. The van der Waals surface area contributed by atoms with Gasteiger partial charge < -0.3 is 9.84 Å². The van der Waals surface area contributed by atoms with E-state index in [1.165, 1.54) is 5.56 Å². The monoisotopic (exact) mass is 268 g/mol. The first kappa shape index (κ1) is 13.0. The third kappa shape index (κ3) is 2.38. The lowest BCUT2D eigenvalue weighted by Crippen LogP contribution is -2.32. The number of phenols is 1. The Hall–Kier alpha value is -1.96. The molecular formula is C18H20O2. The zero-order valence-electron chi connectivity index (χ0n) is 12.2. The van der Waals surface area contributed by atoms with Gasteiger partial charge in [0.15, 0.2) is 0 Å². The van der Waals surface area contributed by atoms with Crippen LogP contribution < -0.4 is 4.74 Å². The fraction of sp³-hybridized carbons (Fsp3) is 0.333. The number of phenolic OH excluding ortho intramolecular Hbond substituents is 1. The van der Waals surface area contributed by atoms with E-state index < -0.39 is 0 Å². The third-order valence-electron chi connectivity index (χ3n) is 3.93. The number of rotatable bonds is 1. The molecule has 1 heterocycles. The molecule has 2 nitrogen and oxygen atoms in total. The molecule has 3 rings (SSSR count). The highest BCUT2D eigenvalue weighted by atomic mass is 16.5. The fourth-order valence-electron chi connectivity index (χ4n) is 2.66. The van der Waals surface area contributed by atoms with Crippen LogP contribution >= 0.6 is 0 Å². The number of aryl methyl sites for hydroxylation is 1. The summed E-state index contributed by atoms with van der Waals surface area (Å²) in [6, 6.07) is 12.2. The van der Waals surface area contributed by atoms with Crippen LogP contribution in [0.4, 0.5) is 0 Å². The predicted molar refractivity (Wildman–Crippen MR) is 81.3 cm³/mol. The van der Waals surface area contributed by atoms with Crippen LogP contribution in [0.1, 0.15) is 31.4 Å². The van der Waals surface area contributed by atoms with Gasteiger partial charge in [-0.3, -0.25) is 0 Å². The van der Waals surface area contributed by atoms with Crippen molar-refractivity contribution in [3.8, 4) is 22.6 Å². The smallest absolute Gasteiger partial charge is 0.127 e. The molecule has 2 heteroatoms. The second kappa shape index (κ2) is 4.55. The first-order valence-electron chi connectivity index (χ1n) is 7.07. The van der Waals surface area contributed by atoms with Crippen molar-refractivity contribution in [2.24, 2.45) is 0 Å². The maximum absolute atomic E-state index is 10.2. The first-order chi connectivity index (χ1) is 9.44. The van der Waals surface area contributed by atoms with Crippen LogP contribution in [-0.4, -0.2) is 10.7 Å². The van der Waals surface area contributed by atoms with Crippen LogP contribution in [0.25, 0.3) is 11.1 Å². The number of aromatic hydroxyl groups is 1. The van der Waals surface area contributed by atoms with E-state index in [1.54, 1.807) is 0 Å². The highest BCUT2D eigenvalue weighted by molar-refractivity contribution is 5.69. The summed E-state index contributed by atoms with van der Waals surface area (Å²) in [5, 5.41) is 10.2. The summed E-state index contributed by atoms with van der Waals surface area (Å²) >= 11 is 0. The maximum Gasteiger partial charge on any atom is 0.127 e. The van der Waals surface area contributed by atoms with Crippen molar-refractivity contribution in [1.82, 2.24) is 0 Å². The minimum absolute atomic E-state index is 0.161. The van der Waals surface area contributed by atoms with Crippen LogP contribution in [0.3, 0.4) is 0 Å². The van der Waals surface area contributed by atoms with Gasteiger partial charge in [-0.05, 0) is 56.9 Å². The molecule has 0 atom stereocenters. The number of benzene rings is 2. The molecule has 20 heavy (non-hydrogen) atoms. The topological polar surface area (TPSA) is 29.5 Å². The average Bonchev–Trinajstić information content (AvgIpc) is 2.37. The Bertz CT molecular complexity index is 639. The van der Waals surface area contributed by atoms with Crippen LogP contribution in [0.2, 0.25) is 0 Å². The quantitative estimate of drug-likeness (QED) is 0.826. The van der Waals surface area contributed by atoms with Gasteiger partial charge in [-0.25, -0.2) is 0 Å². The van der Waals surface area contributed by atoms with E-state index in [0.29, 0.717) is 5.75 Å². The molecule has 2 aromatic rings. The van der Waals surface area contributed by atoms with E-state index in [1.807, 2.05) is 12.1 Å². The second-order valence-electron chi connectivity index (χ2n) is 6.20. The summed E-state index contributed by atoms with van der Waals surface area (Å²) in [6.45, 7) is 6.25. The lowest BCUT2D eigenvalue weighted by atomic mass is 9.92. The van der Waals surface area contributed by atoms with Crippen molar-refractivity contribution >= 4 is 0 Å². The predicted octanol–water partition coefficient (Wildman–Crippen LogP) is 4.47. The van der Waals surface area contributed by atoms with E-state index in [4.69, 9.17) is 4.74 Å². The van der Waals surface area contributed by atoms with Crippen LogP contribution in [0.15, 0.2) is 36.4 Å². The van der Waals surface area contributed by atoms with Gasteiger partial charge in [-0.15, -0.1) is 0 Å².